The number of carbonyl (C=O) groups is 1. The zero-order valence-corrected chi connectivity index (χ0v) is 7.46. The summed E-state index contributed by atoms with van der Waals surface area (Å²) in [6.07, 6.45) is 0.107. The van der Waals surface area contributed by atoms with Crippen LogP contribution >= 0.6 is 0 Å². The maximum absolute atomic E-state index is 10.7. The van der Waals surface area contributed by atoms with Gasteiger partial charge in [0.25, 0.3) is 10.1 Å². The number of methoxy groups -OCH3 is 1. The molecule has 1 rings (SSSR count). The molecular weight excluding hydrogens is 184 g/mol. The summed E-state index contributed by atoms with van der Waals surface area (Å²) in [5.74, 6) is -0.731. The number of carbonyl (C=O) groups excluding carboxylic acids is 1. The standard InChI is InChI=1S/C6H10O5S/c1-10-6(7)2-5-3-11-12(8,9)4-5/h5H,2-4H2,1H3/t5-/m1/s1. The summed E-state index contributed by atoms with van der Waals surface area (Å²) in [4.78, 5) is 10.7. The Bertz CT molecular complexity index is 268. The third kappa shape index (κ3) is 2.46. The van der Waals surface area contributed by atoms with E-state index in [1.165, 1.54) is 7.11 Å². The first-order valence-electron chi connectivity index (χ1n) is 3.47. The minimum atomic E-state index is -3.36. The molecule has 0 spiro atoms. The van der Waals surface area contributed by atoms with E-state index < -0.39 is 16.1 Å². The molecule has 0 amide bonds. The van der Waals surface area contributed by atoms with Gasteiger partial charge in [0.2, 0.25) is 0 Å². The number of hydrogen-bond donors (Lipinski definition) is 0. The molecular formula is C6H10O5S. The van der Waals surface area contributed by atoms with Crippen molar-refractivity contribution in [3.63, 3.8) is 0 Å². The highest BCUT2D eigenvalue weighted by Gasteiger charge is 2.30. The summed E-state index contributed by atoms with van der Waals surface area (Å²) in [5.41, 5.74) is 0. The normalized spacial score (nSPS) is 26.9. The summed E-state index contributed by atoms with van der Waals surface area (Å²) in [7, 11) is -2.09. The summed E-state index contributed by atoms with van der Waals surface area (Å²) < 4.78 is 30.3. The molecule has 1 aliphatic heterocycles. The van der Waals surface area contributed by atoms with Gasteiger partial charge in [-0.3, -0.25) is 8.98 Å². The number of ether oxygens (including phenoxy) is 1. The summed E-state index contributed by atoms with van der Waals surface area (Å²) >= 11 is 0. The van der Waals surface area contributed by atoms with Crippen LogP contribution < -0.4 is 0 Å². The second kappa shape index (κ2) is 3.40. The lowest BCUT2D eigenvalue weighted by atomic mass is 10.1. The van der Waals surface area contributed by atoms with Crippen molar-refractivity contribution in [2.75, 3.05) is 19.5 Å². The smallest absolute Gasteiger partial charge is 0.305 e. The highest BCUT2D eigenvalue weighted by molar-refractivity contribution is 7.86. The Balaban J connectivity index is 2.43. The van der Waals surface area contributed by atoms with Gasteiger partial charge in [-0.2, -0.15) is 8.42 Å². The van der Waals surface area contributed by atoms with Gasteiger partial charge in [0.15, 0.2) is 0 Å². The van der Waals surface area contributed by atoms with E-state index >= 15 is 0 Å². The molecule has 0 aliphatic carbocycles. The van der Waals surface area contributed by atoms with Crippen LogP contribution in [-0.4, -0.2) is 33.9 Å². The average molecular weight is 194 g/mol. The van der Waals surface area contributed by atoms with Gasteiger partial charge >= 0.3 is 5.97 Å². The predicted molar refractivity (Wildman–Crippen MR) is 39.9 cm³/mol. The molecule has 6 heteroatoms. The Labute approximate surface area is 70.8 Å². The summed E-state index contributed by atoms with van der Waals surface area (Å²) in [6.45, 7) is 0.0947. The quantitative estimate of drug-likeness (QED) is 0.439. The fourth-order valence-electron chi connectivity index (χ4n) is 1.02. The van der Waals surface area contributed by atoms with Crippen LogP contribution in [0, 0.1) is 5.92 Å². The maximum atomic E-state index is 10.7. The van der Waals surface area contributed by atoms with E-state index in [0.29, 0.717) is 0 Å². The minimum Gasteiger partial charge on any atom is -0.469 e. The second-order valence-corrected chi connectivity index (χ2v) is 4.34. The van der Waals surface area contributed by atoms with Crippen LogP contribution in [0.15, 0.2) is 0 Å². The van der Waals surface area contributed by atoms with Gasteiger partial charge < -0.3 is 4.74 Å². The Morgan fingerprint density at radius 2 is 2.33 bits per heavy atom. The van der Waals surface area contributed by atoms with E-state index in [9.17, 15) is 13.2 Å². The van der Waals surface area contributed by atoms with Crippen LogP contribution in [0.4, 0.5) is 0 Å². The SMILES string of the molecule is COC(=O)C[C@@H]1COS(=O)(=O)C1. The molecule has 12 heavy (non-hydrogen) atoms. The first-order chi connectivity index (χ1) is 5.53. The molecule has 0 radical (unpaired) electrons. The van der Waals surface area contributed by atoms with E-state index in [4.69, 9.17) is 0 Å². The Morgan fingerprint density at radius 1 is 1.67 bits per heavy atom. The molecule has 0 aromatic rings. The molecule has 1 atom stereocenters. The van der Waals surface area contributed by atoms with Crippen molar-refractivity contribution in [3.8, 4) is 0 Å². The van der Waals surface area contributed by atoms with Gasteiger partial charge in [-0.1, -0.05) is 0 Å². The minimum absolute atomic E-state index is 0.0813. The Morgan fingerprint density at radius 3 is 2.75 bits per heavy atom. The number of rotatable bonds is 2. The lowest BCUT2D eigenvalue weighted by Gasteiger charge is -2.01. The zero-order valence-electron chi connectivity index (χ0n) is 6.65. The summed E-state index contributed by atoms with van der Waals surface area (Å²) in [5, 5.41) is 0. The first-order valence-corrected chi connectivity index (χ1v) is 5.05. The Kier molecular flexibility index (Phi) is 2.69. The summed E-state index contributed by atoms with van der Waals surface area (Å²) in [6, 6.07) is 0. The second-order valence-electron chi connectivity index (χ2n) is 2.66. The molecule has 0 unspecified atom stereocenters. The van der Waals surface area contributed by atoms with Gasteiger partial charge in [0.1, 0.15) is 0 Å². The molecule has 1 aliphatic rings. The van der Waals surface area contributed by atoms with Crippen molar-refractivity contribution in [3.05, 3.63) is 0 Å². The van der Waals surface area contributed by atoms with Crippen LogP contribution in [0.3, 0.4) is 0 Å². The van der Waals surface area contributed by atoms with E-state index in [2.05, 4.69) is 8.92 Å². The van der Waals surface area contributed by atoms with E-state index in [-0.39, 0.29) is 24.7 Å². The lowest BCUT2D eigenvalue weighted by molar-refractivity contribution is -0.141. The van der Waals surface area contributed by atoms with Crippen LogP contribution in [0.5, 0.6) is 0 Å². The molecule has 0 aromatic heterocycles. The fourth-order valence-corrected chi connectivity index (χ4v) is 2.31. The lowest BCUT2D eigenvalue weighted by Crippen LogP contribution is -2.12. The molecule has 1 saturated heterocycles. The molecule has 70 valence electrons. The van der Waals surface area contributed by atoms with Gasteiger partial charge in [0, 0.05) is 5.92 Å². The van der Waals surface area contributed by atoms with E-state index in [1.807, 2.05) is 0 Å². The molecule has 5 nitrogen and oxygen atoms in total. The highest BCUT2D eigenvalue weighted by atomic mass is 32.2. The van der Waals surface area contributed by atoms with Gasteiger partial charge in [-0.15, -0.1) is 0 Å². The Hall–Kier alpha value is -0.620. The third-order valence-electron chi connectivity index (χ3n) is 1.61. The van der Waals surface area contributed by atoms with Crippen LogP contribution in [0.1, 0.15) is 6.42 Å². The number of esters is 1. The molecule has 0 bridgehead atoms. The van der Waals surface area contributed by atoms with Gasteiger partial charge in [-0.05, 0) is 0 Å². The third-order valence-corrected chi connectivity index (χ3v) is 2.98. The highest BCUT2D eigenvalue weighted by Crippen LogP contribution is 2.18. The molecule has 0 saturated carbocycles. The molecule has 1 fully saturated rings. The van der Waals surface area contributed by atoms with Gasteiger partial charge in [-0.25, -0.2) is 0 Å². The largest absolute Gasteiger partial charge is 0.469 e. The van der Waals surface area contributed by atoms with Crippen molar-refractivity contribution < 1.29 is 22.1 Å². The van der Waals surface area contributed by atoms with Crippen molar-refractivity contribution in [1.82, 2.24) is 0 Å². The average Bonchev–Trinajstić information content (AvgIpc) is 2.30. The number of hydrogen-bond acceptors (Lipinski definition) is 5. The molecule has 0 N–H and O–H groups in total. The molecule has 0 aromatic carbocycles. The first kappa shape index (κ1) is 9.47. The fraction of sp³-hybridized carbons (Fsp3) is 0.833. The van der Waals surface area contributed by atoms with Crippen molar-refractivity contribution in [1.29, 1.82) is 0 Å². The maximum Gasteiger partial charge on any atom is 0.305 e. The van der Waals surface area contributed by atoms with Crippen LogP contribution in [-0.2, 0) is 23.8 Å². The van der Waals surface area contributed by atoms with Gasteiger partial charge in [0.05, 0.1) is 25.9 Å². The van der Waals surface area contributed by atoms with Crippen molar-refractivity contribution in [2.24, 2.45) is 5.92 Å². The van der Waals surface area contributed by atoms with Crippen LogP contribution in [0.2, 0.25) is 0 Å². The van der Waals surface area contributed by atoms with E-state index in [0.717, 1.165) is 0 Å². The van der Waals surface area contributed by atoms with Crippen molar-refractivity contribution in [2.45, 2.75) is 6.42 Å². The molecule has 1 heterocycles. The topological polar surface area (TPSA) is 69.7 Å². The predicted octanol–water partition coefficient (Wildman–Crippen LogP) is -0.474. The monoisotopic (exact) mass is 194 g/mol. The zero-order chi connectivity index (χ0) is 9.19. The van der Waals surface area contributed by atoms with E-state index in [1.54, 1.807) is 0 Å². The van der Waals surface area contributed by atoms with Crippen LogP contribution in [0.25, 0.3) is 0 Å². The van der Waals surface area contributed by atoms with Crippen molar-refractivity contribution >= 4 is 16.1 Å².